The summed E-state index contributed by atoms with van der Waals surface area (Å²) in [5.74, 6) is 0.889. The topological polar surface area (TPSA) is 34.1 Å². The van der Waals surface area contributed by atoms with E-state index in [9.17, 15) is 9.59 Å². The highest BCUT2D eigenvalue weighted by molar-refractivity contribution is 7.80. The number of unbranched alkanes of at least 4 members (excludes halogenated alkanes) is 3. The molecule has 116 valence electrons. The first kappa shape index (κ1) is 16.8. The van der Waals surface area contributed by atoms with Gasteiger partial charge in [-0.2, -0.15) is 12.6 Å². The standard InChI is InChI=1S/C19H22O2S/c20-18-14-17(12-15-8-4-3-5-9-15)19(21)13-16(18)10-6-1-2-7-11-22/h3-5,8-9,13-14,22H,1-2,6-7,10-12H2. The Bertz CT molecular complexity index is 585. The lowest BCUT2D eigenvalue weighted by Crippen LogP contribution is -2.14. The van der Waals surface area contributed by atoms with Crippen LogP contribution in [0.1, 0.15) is 37.7 Å². The predicted octanol–water partition coefficient (Wildman–Crippen LogP) is 4.11. The average molecular weight is 314 g/mol. The summed E-state index contributed by atoms with van der Waals surface area (Å²) in [7, 11) is 0. The van der Waals surface area contributed by atoms with E-state index in [4.69, 9.17) is 0 Å². The second-order valence-electron chi connectivity index (χ2n) is 5.62. The van der Waals surface area contributed by atoms with Crippen LogP contribution in [0.15, 0.2) is 53.6 Å². The predicted molar refractivity (Wildman–Crippen MR) is 93.3 cm³/mol. The minimum atomic E-state index is -0.0196. The Morgan fingerprint density at radius 2 is 1.41 bits per heavy atom. The quantitative estimate of drug-likeness (QED) is 0.445. The van der Waals surface area contributed by atoms with Gasteiger partial charge >= 0.3 is 0 Å². The molecule has 1 aliphatic carbocycles. The smallest absolute Gasteiger partial charge is 0.182 e. The van der Waals surface area contributed by atoms with Crippen LogP contribution in [0.2, 0.25) is 0 Å². The van der Waals surface area contributed by atoms with E-state index in [1.165, 1.54) is 6.08 Å². The molecule has 0 saturated carbocycles. The lowest BCUT2D eigenvalue weighted by molar-refractivity contribution is -0.115. The molecule has 0 amide bonds. The van der Waals surface area contributed by atoms with Gasteiger partial charge in [0.05, 0.1) is 0 Å². The summed E-state index contributed by atoms with van der Waals surface area (Å²) in [6.07, 6.45) is 8.58. The molecule has 1 aromatic carbocycles. The maximum absolute atomic E-state index is 12.2. The second-order valence-corrected chi connectivity index (χ2v) is 6.07. The first-order chi connectivity index (χ1) is 10.7. The van der Waals surface area contributed by atoms with Crippen LogP contribution in [0.5, 0.6) is 0 Å². The molecule has 3 heteroatoms. The van der Waals surface area contributed by atoms with Crippen molar-refractivity contribution < 1.29 is 9.59 Å². The monoisotopic (exact) mass is 314 g/mol. The van der Waals surface area contributed by atoms with E-state index in [1.807, 2.05) is 30.3 Å². The molecule has 0 fully saturated rings. The van der Waals surface area contributed by atoms with Crippen molar-refractivity contribution in [3.8, 4) is 0 Å². The fraction of sp³-hybridized carbons (Fsp3) is 0.368. The Kier molecular flexibility index (Phi) is 6.66. The Hall–Kier alpha value is -1.61. The number of rotatable bonds is 8. The van der Waals surface area contributed by atoms with E-state index in [2.05, 4.69) is 12.6 Å². The van der Waals surface area contributed by atoms with Crippen LogP contribution >= 0.6 is 12.6 Å². The molecule has 0 bridgehead atoms. The van der Waals surface area contributed by atoms with Gasteiger partial charge in [-0.25, -0.2) is 0 Å². The summed E-state index contributed by atoms with van der Waals surface area (Å²) in [6.45, 7) is 0. The molecule has 2 nitrogen and oxygen atoms in total. The first-order valence-corrected chi connectivity index (χ1v) is 8.48. The van der Waals surface area contributed by atoms with Crippen molar-refractivity contribution >= 4 is 24.2 Å². The third-order valence-corrected chi connectivity index (χ3v) is 4.15. The van der Waals surface area contributed by atoms with Gasteiger partial charge in [0, 0.05) is 17.6 Å². The van der Waals surface area contributed by atoms with Crippen LogP contribution in [0.4, 0.5) is 0 Å². The van der Waals surface area contributed by atoms with Crippen LogP contribution in [0.3, 0.4) is 0 Å². The molecule has 0 spiro atoms. The molecular weight excluding hydrogens is 292 g/mol. The van der Waals surface area contributed by atoms with E-state index in [0.717, 1.165) is 37.0 Å². The van der Waals surface area contributed by atoms with Gasteiger partial charge in [0.1, 0.15) is 0 Å². The number of hydrogen-bond acceptors (Lipinski definition) is 3. The molecule has 0 aliphatic heterocycles. The van der Waals surface area contributed by atoms with Gasteiger partial charge in [0.2, 0.25) is 0 Å². The van der Waals surface area contributed by atoms with Gasteiger partial charge in [0.15, 0.2) is 11.6 Å². The Morgan fingerprint density at radius 3 is 2.14 bits per heavy atom. The van der Waals surface area contributed by atoms with Crippen LogP contribution < -0.4 is 0 Å². The zero-order chi connectivity index (χ0) is 15.8. The number of carbonyl (C=O) groups excluding carboxylic acids is 2. The molecule has 0 radical (unpaired) electrons. The molecule has 0 aromatic heterocycles. The summed E-state index contributed by atoms with van der Waals surface area (Å²) in [5.41, 5.74) is 2.31. The second kappa shape index (κ2) is 8.74. The van der Waals surface area contributed by atoms with E-state index in [0.29, 0.717) is 24.0 Å². The Balaban J connectivity index is 1.90. The summed E-state index contributed by atoms with van der Waals surface area (Å²) in [5, 5.41) is 0. The lowest BCUT2D eigenvalue weighted by Gasteiger charge is -2.12. The first-order valence-electron chi connectivity index (χ1n) is 7.85. The minimum Gasteiger partial charge on any atom is -0.290 e. The molecule has 1 aliphatic rings. The van der Waals surface area contributed by atoms with Crippen LogP contribution in [0.25, 0.3) is 0 Å². The van der Waals surface area contributed by atoms with Gasteiger partial charge < -0.3 is 0 Å². The fourth-order valence-corrected chi connectivity index (χ4v) is 2.80. The van der Waals surface area contributed by atoms with Crippen molar-refractivity contribution in [1.29, 1.82) is 0 Å². The van der Waals surface area contributed by atoms with Crippen molar-refractivity contribution in [1.82, 2.24) is 0 Å². The number of benzene rings is 1. The van der Waals surface area contributed by atoms with Crippen LogP contribution in [-0.4, -0.2) is 17.3 Å². The fourth-order valence-electron chi connectivity index (χ4n) is 2.57. The maximum Gasteiger partial charge on any atom is 0.182 e. The molecule has 0 heterocycles. The molecule has 0 atom stereocenters. The molecule has 22 heavy (non-hydrogen) atoms. The van der Waals surface area contributed by atoms with Gasteiger partial charge in [-0.05, 0) is 42.7 Å². The molecule has 1 aromatic rings. The largest absolute Gasteiger partial charge is 0.290 e. The van der Waals surface area contributed by atoms with E-state index in [-0.39, 0.29) is 11.6 Å². The third kappa shape index (κ3) is 4.99. The number of hydrogen-bond donors (Lipinski definition) is 1. The molecule has 0 unspecified atom stereocenters. The number of ketones is 2. The molecule has 0 N–H and O–H groups in total. The average Bonchev–Trinajstić information content (AvgIpc) is 2.52. The summed E-state index contributed by atoms with van der Waals surface area (Å²) in [6, 6.07) is 9.77. The van der Waals surface area contributed by atoms with E-state index in [1.54, 1.807) is 6.08 Å². The zero-order valence-corrected chi connectivity index (χ0v) is 13.6. The van der Waals surface area contributed by atoms with Crippen molar-refractivity contribution in [2.75, 3.05) is 5.75 Å². The SMILES string of the molecule is O=C1C=C(Cc2ccccc2)C(=O)C=C1CCCCCCS. The van der Waals surface area contributed by atoms with Crippen LogP contribution in [-0.2, 0) is 16.0 Å². The zero-order valence-electron chi connectivity index (χ0n) is 12.8. The van der Waals surface area contributed by atoms with E-state index >= 15 is 0 Å². The summed E-state index contributed by atoms with van der Waals surface area (Å²) >= 11 is 4.18. The summed E-state index contributed by atoms with van der Waals surface area (Å²) < 4.78 is 0. The van der Waals surface area contributed by atoms with Gasteiger partial charge in [-0.3, -0.25) is 9.59 Å². The number of thiol groups is 1. The van der Waals surface area contributed by atoms with Crippen molar-refractivity contribution in [3.05, 3.63) is 59.2 Å². The number of carbonyl (C=O) groups is 2. The normalized spacial score (nSPS) is 14.8. The van der Waals surface area contributed by atoms with Gasteiger partial charge in [0.25, 0.3) is 0 Å². The minimum absolute atomic E-state index is 0.000253. The number of allylic oxidation sites excluding steroid dienone is 4. The van der Waals surface area contributed by atoms with Crippen molar-refractivity contribution in [2.45, 2.75) is 38.5 Å². The Morgan fingerprint density at radius 1 is 0.773 bits per heavy atom. The highest BCUT2D eigenvalue weighted by atomic mass is 32.1. The highest BCUT2D eigenvalue weighted by Crippen LogP contribution is 2.20. The summed E-state index contributed by atoms with van der Waals surface area (Å²) in [4.78, 5) is 24.3. The van der Waals surface area contributed by atoms with Gasteiger partial charge in [-0.15, -0.1) is 0 Å². The highest BCUT2D eigenvalue weighted by Gasteiger charge is 2.19. The van der Waals surface area contributed by atoms with Crippen LogP contribution in [0, 0.1) is 0 Å². The Labute approximate surface area is 137 Å². The molecule has 0 saturated heterocycles. The lowest BCUT2D eigenvalue weighted by atomic mass is 9.90. The molecule has 2 rings (SSSR count). The van der Waals surface area contributed by atoms with Crippen molar-refractivity contribution in [2.24, 2.45) is 0 Å². The van der Waals surface area contributed by atoms with Gasteiger partial charge in [-0.1, -0.05) is 43.2 Å². The third-order valence-electron chi connectivity index (χ3n) is 3.84. The molecular formula is C19H22O2S. The van der Waals surface area contributed by atoms with Crippen molar-refractivity contribution in [3.63, 3.8) is 0 Å². The van der Waals surface area contributed by atoms with E-state index < -0.39 is 0 Å². The maximum atomic E-state index is 12.2.